The van der Waals surface area contributed by atoms with Crippen LogP contribution in [-0.4, -0.2) is 12.1 Å². The number of pyridine rings is 1. The number of nitrogens with zero attached hydrogens (tertiary/aromatic N) is 1. The molecule has 0 saturated carbocycles. The predicted octanol–water partition coefficient (Wildman–Crippen LogP) is 3.84. The van der Waals surface area contributed by atoms with Gasteiger partial charge in [-0.2, -0.15) is 5.26 Å². The molecule has 24 heavy (non-hydrogen) atoms. The summed E-state index contributed by atoms with van der Waals surface area (Å²) in [5.41, 5.74) is 0.264. The molecule has 120 valence electrons. The number of fused-ring (bicyclic) bond motifs is 1. The number of ether oxygens (including phenoxy) is 1. The van der Waals surface area contributed by atoms with E-state index in [4.69, 9.17) is 10.00 Å². The van der Waals surface area contributed by atoms with E-state index in [0.717, 1.165) is 11.3 Å². The lowest BCUT2D eigenvalue weighted by Gasteiger charge is -2.08. The Labute approximate surface area is 141 Å². The van der Waals surface area contributed by atoms with E-state index in [1.54, 1.807) is 25.3 Å². The summed E-state index contributed by atoms with van der Waals surface area (Å²) in [7, 11) is 1.60. The highest BCUT2D eigenvalue weighted by Crippen LogP contribution is 2.30. The van der Waals surface area contributed by atoms with Crippen molar-refractivity contribution in [3.8, 4) is 11.8 Å². The number of H-pyrrole nitrogens is 1. The number of methoxy groups -OCH3 is 1. The van der Waals surface area contributed by atoms with E-state index in [1.807, 2.05) is 24.3 Å². The van der Waals surface area contributed by atoms with Crippen molar-refractivity contribution in [3.63, 3.8) is 0 Å². The van der Waals surface area contributed by atoms with E-state index >= 15 is 0 Å². The van der Waals surface area contributed by atoms with E-state index in [2.05, 4.69) is 4.98 Å². The van der Waals surface area contributed by atoms with Crippen LogP contribution in [0.15, 0.2) is 52.3 Å². The van der Waals surface area contributed by atoms with Gasteiger partial charge in [-0.15, -0.1) is 11.8 Å². The third-order valence-electron chi connectivity index (χ3n) is 3.62. The zero-order valence-corrected chi connectivity index (χ0v) is 13.6. The highest BCUT2D eigenvalue weighted by molar-refractivity contribution is 7.98. The Morgan fingerprint density at radius 3 is 2.67 bits per heavy atom. The molecule has 0 fully saturated rings. The molecule has 0 saturated heterocycles. The SMILES string of the molecule is COc1ccc(CSc2[nH]c(=O)c(C#N)c3c(F)cccc23)cc1. The maximum Gasteiger partial charge on any atom is 0.267 e. The normalized spacial score (nSPS) is 10.5. The van der Waals surface area contributed by atoms with Crippen molar-refractivity contribution in [2.24, 2.45) is 0 Å². The van der Waals surface area contributed by atoms with Crippen LogP contribution in [-0.2, 0) is 5.75 Å². The van der Waals surface area contributed by atoms with E-state index in [1.165, 1.54) is 17.8 Å². The fraction of sp³-hybridized carbons (Fsp3) is 0.111. The van der Waals surface area contributed by atoms with Gasteiger partial charge in [-0.25, -0.2) is 4.39 Å². The lowest BCUT2D eigenvalue weighted by atomic mass is 10.1. The molecule has 1 heterocycles. The molecule has 6 heteroatoms. The Bertz CT molecular complexity index is 991. The zero-order valence-electron chi connectivity index (χ0n) is 12.8. The maximum atomic E-state index is 14.1. The van der Waals surface area contributed by atoms with Crippen molar-refractivity contribution in [3.05, 3.63) is 69.8 Å². The monoisotopic (exact) mass is 340 g/mol. The fourth-order valence-corrected chi connectivity index (χ4v) is 3.41. The summed E-state index contributed by atoms with van der Waals surface area (Å²) in [6, 6.07) is 13.9. The standard InChI is InChI=1S/C18H13FN2O2S/c1-23-12-7-5-11(6-8-12)10-24-18-13-3-2-4-15(19)16(13)14(9-20)17(22)21-18/h2-8H,10H2,1H3,(H,21,22). The summed E-state index contributed by atoms with van der Waals surface area (Å²) < 4.78 is 19.2. The maximum absolute atomic E-state index is 14.1. The number of halogens is 1. The van der Waals surface area contributed by atoms with Crippen LogP contribution >= 0.6 is 11.8 Å². The van der Waals surface area contributed by atoms with Crippen molar-refractivity contribution in [1.82, 2.24) is 4.98 Å². The minimum Gasteiger partial charge on any atom is -0.497 e. The highest BCUT2D eigenvalue weighted by atomic mass is 32.2. The molecule has 4 nitrogen and oxygen atoms in total. The van der Waals surface area contributed by atoms with Crippen molar-refractivity contribution >= 4 is 22.5 Å². The van der Waals surface area contributed by atoms with Crippen molar-refractivity contribution in [2.75, 3.05) is 7.11 Å². The molecule has 0 atom stereocenters. The van der Waals surface area contributed by atoms with E-state index in [-0.39, 0.29) is 10.9 Å². The Balaban J connectivity index is 1.99. The van der Waals surface area contributed by atoms with Crippen LogP contribution in [0.25, 0.3) is 10.8 Å². The molecular formula is C18H13FN2O2S. The molecule has 0 aliphatic heterocycles. The van der Waals surface area contributed by atoms with E-state index in [9.17, 15) is 9.18 Å². The number of aromatic amines is 1. The summed E-state index contributed by atoms with van der Waals surface area (Å²) in [5, 5.41) is 10.3. The average Bonchev–Trinajstić information content (AvgIpc) is 2.61. The lowest BCUT2D eigenvalue weighted by Crippen LogP contribution is -2.12. The van der Waals surface area contributed by atoms with Gasteiger partial charge in [-0.3, -0.25) is 4.79 Å². The van der Waals surface area contributed by atoms with Gasteiger partial charge in [0.25, 0.3) is 5.56 Å². The van der Waals surface area contributed by atoms with Gasteiger partial charge in [0.1, 0.15) is 23.2 Å². The Hall–Kier alpha value is -2.78. The number of aromatic nitrogens is 1. The first-order chi connectivity index (χ1) is 11.6. The van der Waals surface area contributed by atoms with Gasteiger partial charge in [0, 0.05) is 16.5 Å². The van der Waals surface area contributed by atoms with Crippen LogP contribution in [0.5, 0.6) is 5.75 Å². The van der Waals surface area contributed by atoms with Gasteiger partial charge in [0.2, 0.25) is 0 Å². The minimum atomic E-state index is -0.577. The van der Waals surface area contributed by atoms with Crippen LogP contribution in [0.2, 0.25) is 0 Å². The summed E-state index contributed by atoms with van der Waals surface area (Å²) in [4.78, 5) is 14.7. The predicted molar refractivity (Wildman–Crippen MR) is 91.8 cm³/mol. The molecule has 3 rings (SSSR count). The number of thioether (sulfide) groups is 1. The van der Waals surface area contributed by atoms with Gasteiger partial charge in [-0.1, -0.05) is 24.3 Å². The van der Waals surface area contributed by atoms with E-state index < -0.39 is 11.4 Å². The molecule has 0 unspecified atom stereocenters. The Kier molecular flexibility index (Phi) is 4.54. The zero-order chi connectivity index (χ0) is 17.1. The third-order valence-corrected chi connectivity index (χ3v) is 4.70. The van der Waals surface area contributed by atoms with Crippen LogP contribution in [0.1, 0.15) is 11.1 Å². The highest BCUT2D eigenvalue weighted by Gasteiger charge is 2.14. The van der Waals surface area contributed by atoms with Crippen molar-refractivity contribution in [2.45, 2.75) is 10.8 Å². The van der Waals surface area contributed by atoms with Crippen molar-refractivity contribution in [1.29, 1.82) is 5.26 Å². The van der Waals surface area contributed by atoms with Crippen LogP contribution in [0.3, 0.4) is 0 Å². The van der Waals surface area contributed by atoms with Gasteiger partial charge < -0.3 is 9.72 Å². The Morgan fingerprint density at radius 2 is 2.00 bits per heavy atom. The number of nitriles is 1. The average molecular weight is 340 g/mol. The number of benzene rings is 2. The summed E-state index contributed by atoms with van der Waals surface area (Å²) in [5.74, 6) is 0.793. The molecular weight excluding hydrogens is 327 g/mol. The minimum absolute atomic E-state index is 0.0704. The molecule has 0 amide bonds. The molecule has 3 aromatic rings. The van der Waals surface area contributed by atoms with Crippen LogP contribution in [0, 0.1) is 17.1 Å². The number of hydrogen-bond acceptors (Lipinski definition) is 4. The van der Waals surface area contributed by atoms with Gasteiger partial charge in [0.05, 0.1) is 12.1 Å². The quantitative estimate of drug-likeness (QED) is 0.733. The van der Waals surface area contributed by atoms with E-state index in [0.29, 0.717) is 16.2 Å². The fourth-order valence-electron chi connectivity index (χ4n) is 2.41. The lowest BCUT2D eigenvalue weighted by molar-refractivity contribution is 0.414. The second-order valence-corrected chi connectivity index (χ2v) is 6.05. The number of hydrogen-bond donors (Lipinski definition) is 1. The third kappa shape index (κ3) is 2.99. The molecule has 0 spiro atoms. The summed E-state index contributed by atoms with van der Waals surface area (Å²) in [6.45, 7) is 0. The first kappa shape index (κ1) is 16.1. The summed E-state index contributed by atoms with van der Waals surface area (Å²) >= 11 is 1.39. The molecule has 0 aliphatic rings. The number of rotatable bonds is 4. The van der Waals surface area contributed by atoms with Crippen molar-refractivity contribution < 1.29 is 9.13 Å². The van der Waals surface area contributed by atoms with Gasteiger partial charge >= 0.3 is 0 Å². The molecule has 2 aromatic carbocycles. The number of nitrogens with one attached hydrogen (secondary N) is 1. The molecule has 0 radical (unpaired) electrons. The van der Waals surface area contributed by atoms with Gasteiger partial charge in [-0.05, 0) is 23.8 Å². The van der Waals surface area contributed by atoms with Crippen LogP contribution < -0.4 is 10.3 Å². The molecule has 1 aromatic heterocycles. The van der Waals surface area contributed by atoms with Gasteiger partial charge in [0.15, 0.2) is 0 Å². The Morgan fingerprint density at radius 1 is 1.25 bits per heavy atom. The second kappa shape index (κ2) is 6.77. The summed E-state index contributed by atoms with van der Waals surface area (Å²) in [6.07, 6.45) is 0. The molecule has 1 N–H and O–H groups in total. The largest absolute Gasteiger partial charge is 0.497 e. The topological polar surface area (TPSA) is 65.9 Å². The second-order valence-electron chi connectivity index (χ2n) is 5.07. The smallest absolute Gasteiger partial charge is 0.267 e. The molecule has 0 aliphatic carbocycles. The first-order valence-electron chi connectivity index (χ1n) is 7.14. The molecule has 0 bridgehead atoms. The first-order valence-corrected chi connectivity index (χ1v) is 8.13. The van der Waals surface area contributed by atoms with Crippen LogP contribution in [0.4, 0.5) is 4.39 Å².